The fourth-order valence-electron chi connectivity index (χ4n) is 0.953. The molecule has 2 amide bonds. The molecule has 16 heavy (non-hydrogen) atoms. The zero-order chi connectivity index (χ0) is 12.7. The van der Waals surface area contributed by atoms with Gasteiger partial charge in [0.05, 0.1) is 6.54 Å². The highest BCUT2D eigenvalue weighted by molar-refractivity contribution is 5.87. The number of carbonyl (C=O) groups is 3. The molecule has 1 atom stereocenters. The van der Waals surface area contributed by atoms with Gasteiger partial charge in [0.2, 0.25) is 11.8 Å². The van der Waals surface area contributed by atoms with E-state index in [-0.39, 0.29) is 25.5 Å². The van der Waals surface area contributed by atoms with Gasteiger partial charge in [-0.1, -0.05) is 0 Å². The Bertz CT molecular complexity index is 279. The monoisotopic (exact) mass is 232 g/mol. The van der Waals surface area contributed by atoms with E-state index >= 15 is 0 Å². The summed E-state index contributed by atoms with van der Waals surface area (Å²) in [6.07, 6.45) is -0.0646. The molecular formula is C9H16N2O5. The predicted molar refractivity (Wildman–Crippen MR) is 54.6 cm³/mol. The molecule has 0 saturated carbocycles. The molecule has 0 bridgehead atoms. The van der Waals surface area contributed by atoms with Gasteiger partial charge in [0.1, 0.15) is 6.04 Å². The summed E-state index contributed by atoms with van der Waals surface area (Å²) in [4.78, 5) is 33.9. The number of nitrogens with zero attached hydrogens (tertiary/aromatic N) is 1. The highest BCUT2D eigenvalue weighted by atomic mass is 16.4. The molecule has 0 radical (unpaired) electrons. The Morgan fingerprint density at radius 2 is 1.94 bits per heavy atom. The van der Waals surface area contributed by atoms with Crippen LogP contribution in [0.25, 0.3) is 0 Å². The number of carboxylic acids is 1. The molecule has 0 aliphatic rings. The first-order chi connectivity index (χ1) is 7.38. The molecule has 0 saturated heterocycles. The third-order valence-electron chi connectivity index (χ3n) is 1.97. The van der Waals surface area contributed by atoms with Crippen LogP contribution < -0.4 is 5.32 Å². The van der Waals surface area contributed by atoms with Crippen molar-refractivity contribution in [1.82, 2.24) is 10.2 Å². The van der Waals surface area contributed by atoms with Crippen molar-refractivity contribution in [1.29, 1.82) is 0 Å². The number of rotatable bonds is 6. The van der Waals surface area contributed by atoms with E-state index in [0.29, 0.717) is 0 Å². The molecule has 0 fully saturated rings. The smallest absolute Gasteiger partial charge is 0.326 e. The number of likely N-dealkylation sites (N-methyl/N-ethyl adjacent to an activating group) is 1. The predicted octanol–water partition coefficient (Wildman–Crippen LogP) is -1.58. The molecule has 0 aliphatic carbocycles. The van der Waals surface area contributed by atoms with Gasteiger partial charge in [-0.25, -0.2) is 4.79 Å². The van der Waals surface area contributed by atoms with Crippen molar-refractivity contribution in [3.8, 4) is 0 Å². The lowest BCUT2D eigenvalue weighted by Gasteiger charge is -2.17. The number of carbonyl (C=O) groups excluding carboxylic acids is 2. The van der Waals surface area contributed by atoms with Gasteiger partial charge >= 0.3 is 5.97 Å². The van der Waals surface area contributed by atoms with Gasteiger partial charge in [-0.15, -0.1) is 0 Å². The second-order valence-corrected chi connectivity index (χ2v) is 3.35. The topological polar surface area (TPSA) is 107 Å². The summed E-state index contributed by atoms with van der Waals surface area (Å²) in [5, 5.41) is 19.5. The molecule has 0 aromatic rings. The summed E-state index contributed by atoms with van der Waals surface area (Å²) in [7, 11) is 1.43. The number of hydrogen-bond donors (Lipinski definition) is 3. The van der Waals surface area contributed by atoms with E-state index in [9.17, 15) is 14.4 Å². The Balaban J connectivity index is 4.19. The molecule has 0 aromatic heterocycles. The number of amides is 2. The minimum absolute atomic E-state index is 0.0646. The van der Waals surface area contributed by atoms with Gasteiger partial charge in [-0.3, -0.25) is 9.59 Å². The summed E-state index contributed by atoms with van der Waals surface area (Å²) in [5.41, 5.74) is 0. The maximum Gasteiger partial charge on any atom is 0.326 e. The van der Waals surface area contributed by atoms with E-state index in [2.05, 4.69) is 5.32 Å². The van der Waals surface area contributed by atoms with E-state index in [0.717, 1.165) is 4.90 Å². The third-order valence-corrected chi connectivity index (χ3v) is 1.97. The summed E-state index contributed by atoms with van der Waals surface area (Å²) in [6, 6.07) is -1.13. The Hall–Kier alpha value is -1.63. The van der Waals surface area contributed by atoms with Crippen molar-refractivity contribution >= 4 is 17.8 Å². The van der Waals surface area contributed by atoms with Gasteiger partial charge in [-0.05, 0) is 0 Å². The number of hydrogen-bond acceptors (Lipinski definition) is 4. The van der Waals surface area contributed by atoms with Crippen molar-refractivity contribution in [3.63, 3.8) is 0 Å². The molecule has 0 aliphatic heterocycles. The third kappa shape index (κ3) is 5.30. The van der Waals surface area contributed by atoms with Crippen LogP contribution in [0.4, 0.5) is 0 Å². The van der Waals surface area contributed by atoms with Gasteiger partial charge in [-0.2, -0.15) is 0 Å². The van der Waals surface area contributed by atoms with Crippen molar-refractivity contribution < 1.29 is 24.6 Å². The van der Waals surface area contributed by atoms with Crippen molar-refractivity contribution in [3.05, 3.63) is 0 Å². The van der Waals surface area contributed by atoms with E-state index in [1.807, 2.05) is 0 Å². The van der Waals surface area contributed by atoms with Crippen LogP contribution in [0.2, 0.25) is 0 Å². The van der Waals surface area contributed by atoms with Gasteiger partial charge in [0.25, 0.3) is 0 Å². The van der Waals surface area contributed by atoms with Crippen LogP contribution in [0, 0.1) is 0 Å². The fraction of sp³-hybridized carbons (Fsp3) is 0.667. The second-order valence-electron chi connectivity index (χ2n) is 3.35. The van der Waals surface area contributed by atoms with Crippen LogP contribution in [-0.2, 0) is 14.4 Å². The molecule has 1 unspecified atom stereocenters. The summed E-state index contributed by atoms with van der Waals surface area (Å²) in [6.45, 7) is 0.764. The van der Waals surface area contributed by atoms with Crippen molar-refractivity contribution in [2.24, 2.45) is 0 Å². The first kappa shape index (κ1) is 14.4. The zero-order valence-corrected chi connectivity index (χ0v) is 9.27. The number of aliphatic carboxylic acids is 1. The molecule has 92 valence electrons. The van der Waals surface area contributed by atoms with E-state index in [1.165, 1.54) is 14.0 Å². The summed E-state index contributed by atoms with van der Waals surface area (Å²) >= 11 is 0. The zero-order valence-electron chi connectivity index (χ0n) is 9.27. The number of carboxylic acid groups (broad SMARTS) is 1. The highest BCUT2D eigenvalue weighted by Gasteiger charge is 2.20. The van der Waals surface area contributed by atoms with Gasteiger partial charge < -0.3 is 20.4 Å². The van der Waals surface area contributed by atoms with Crippen LogP contribution in [0.15, 0.2) is 0 Å². The van der Waals surface area contributed by atoms with E-state index < -0.39 is 17.9 Å². The SMILES string of the molecule is CC(=O)N(C)CC(=O)NC(CCO)C(=O)O. The number of aliphatic hydroxyl groups excluding tert-OH is 1. The molecule has 7 heteroatoms. The molecule has 0 heterocycles. The molecular weight excluding hydrogens is 216 g/mol. The molecule has 3 N–H and O–H groups in total. The summed E-state index contributed by atoms with van der Waals surface area (Å²) in [5.74, 6) is -2.07. The maximum absolute atomic E-state index is 11.3. The molecule has 0 spiro atoms. The van der Waals surface area contributed by atoms with Crippen LogP contribution in [0.5, 0.6) is 0 Å². The average molecular weight is 232 g/mol. The quantitative estimate of drug-likeness (QED) is 0.512. The normalized spacial score (nSPS) is 11.7. The largest absolute Gasteiger partial charge is 0.480 e. The average Bonchev–Trinajstić information content (AvgIpc) is 2.16. The lowest BCUT2D eigenvalue weighted by Crippen LogP contribution is -2.46. The minimum atomic E-state index is -1.21. The second kappa shape index (κ2) is 6.78. The van der Waals surface area contributed by atoms with Crippen LogP contribution in [0.1, 0.15) is 13.3 Å². The number of aliphatic hydroxyl groups is 1. The lowest BCUT2D eigenvalue weighted by atomic mass is 10.2. The fourth-order valence-corrected chi connectivity index (χ4v) is 0.953. The standard InChI is InChI=1S/C9H16N2O5/c1-6(13)11(2)5-8(14)10-7(3-4-12)9(15)16/h7,12H,3-5H2,1-2H3,(H,10,14)(H,15,16). The Morgan fingerprint density at radius 1 is 1.38 bits per heavy atom. The lowest BCUT2D eigenvalue weighted by molar-refractivity contribution is -0.142. The number of nitrogens with one attached hydrogen (secondary N) is 1. The van der Waals surface area contributed by atoms with Gasteiger partial charge in [0, 0.05) is 27.0 Å². The first-order valence-electron chi connectivity index (χ1n) is 4.73. The maximum atomic E-state index is 11.3. The minimum Gasteiger partial charge on any atom is -0.480 e. The first-order valence-corrected chi connectivity index (χ1v) is 4.73. The van der Waals surface area contributed by atoms with Crippen LogP contribution in [-0.4, -0.2) is 59.1 Å². The van der Waals surface area contributed by atoms with Crippen LogP contribution >= 0.6 is 0 Å². The summed E-state index contributed by atoms with van der Waals surface area (Å²) < 4.78 is 0. The molecule has 0 rings (SSSR count). The highest BCUT2D eigenvalue weighted by Crippen LogP contribution is 1.92. The van der Waals surface area contributed by atoms with Crippen LogP contribution in [0.3, 0.4) is 0 Å². The Morgan fingerprint density at radius 3 is 2.31 bits per heavy atom. The Kier molecular flexibility index (Phi) is 6.09. The van der Waals surface area contributed by atoms with E-state index in [4.69, 9.17) is 10.2 Å². The van der Waals surface area contributed by atoms with Crippen molar-refractivity contribution in [2.75, 3.05) is 20.2 Å². The van der Waals surface area contributed by atoms with Gasteiger partial charge in [0.15, 0.2) is 0 Å². The van der Waals surface area contributed by atoms with Crippen molar-refractivity contribution in [2.45, 2.75) is 19.4 Å². The Labute approximate surface area is 93.0 Å². The molecule has 0 aromatic carbocycles. The van der Waals surface area contributed by atoms with E-state index in [1.54, 1.807) is 0 Å². The molecule has 7 nitrogen and oxygen atoms in total.